The third kappa shape index (κ3) is 2.63. The number of aryl methyl sites for hydroxylation is 1. The van der Waals surface area contributed by atoms with E-state index in [0.29, 0.717) is 5.92 Å². The van der Waals surface area contributed by atoms with E-state index in [1.165, 1.54) is 30.4 Å². The molecule has 0 saturated carbocycles. The second-order valence-corrected chi connectivity index (χ2v) is 4.77. The minimum atomic E-state index is 0.255. The van der Waals surface area contributed by atoms with E-state index in [-0.39, 0.29) is 6.61 Å². The number of hydrogen-bond donors (Lipinski definition) is 1. The number of nitrogens with zero attached hydrogens (tertiary/aromatic N) is 1. The van der Waals surface area contributed by atoms with E-state index in [1.54, 1.807) is 0 Å². The number of aliphatic hydroxyl groups is 1. The maximum absolute atomic E-state index is 8.92. The second-order valence-electron chi connectivity index (χ2n) is 4.77. The van der Waals surface area contributed by atoms with E-state index in [4.69, 9.17) is 5.11 Å². The zero-order valence-electron chi connectivity index (χ0n) is 10.0. The first-order chi connectivity index (χ1) is 7.81. The molecule has 0 saturated heterocycles. The molecule has 0 heterocycles. The van der Waals surface area contributed by atoms with Crippen LogP contribution in [-0.4, -0.2) is 36.8 Å². The Morgan fingerprint density at radius 1 is 1.38 bits per heavy atom. The van der Waals surface area contributed by atoms with Crippen LogP contribution in [0.4, 0.5) is 0 Å². The fraction of sp³-hybridized carbons (Fsp3) is 0.571. The maximum atomic E-state index is 8.92. The highest BCUT2D eigenvalue weighted by Crippen LogP contribution is 2.31. The molecular formula is C14H21NO. The lowest BCUT2D eigenvalue weighted by molar-refractivity contribution is 0.211. The number of aliphatic hydroxyl groups excluding tert-OH is 1. The van der Waals surface area contributed by atoms with Crippen molar-refractivity contribution in [1.82, 2.24) is 4.90 Å². The zero-order chi connectivity index (χ0) is 11.4. The van der Waals surface area contributed by atoms with Gasteiger partial charge in [0.25, 0.3) is 0 Å². The summed E-state index contributed by atoms with van der Waals surface area (Å²) in [7, 11) is 2.09. The van der Waals surface area contributed by atoms with Crippen molar-refractivity contribution in [3.05, 3.63) is 35.4 Å². The van der Waals surface area contributed by atoms with Crippen molar-refractivity contribution in [2.75, 3.05) is 26.7 Å². The molecule has 2 heteroatoms. The van der Waals surface area contributed by atoms with E-state index in [9.17, 15) is 0 Å². The predicted molar refractivity (Wildman–Crippen MR) is 66.7 cm³/mol. The maximum Gasteiger partial charge on any atom is 0.0558 e. The molecule has 0 aliphatic heterocycles. The summed E-state index contributed by atoms with van der Waals surface area (Å²) in [6, 6.07) is 8.81. The lowest BCUT2D eigenvalue weighted by Crippen LogP contribution is -2.29. The monoisotopic (exact) mass is 219 g/mol. The highest BCUT2D eigenvalue weighted by atomic mass is 16.3. The van der Waals surface area contributed by atoms with Crippen LogP contribution in [0.5, 0.6) is 0 Å². The highest BCUT2D eigenvalue weighted by molar-refractivity contribution is 5.32. The quantitative estimate of drug-likeness (QED) is 0.837. The lowest BCUT2D eigenvalue weighted by Gasteiger charge is -2.29. The molecule has 0 fully saturated rings. The summed E-state index contributed by atoms with van der Waals surface area (Å²) >= 11 is 0. The summed E-state index contributed by atoms with van der Waals surface area (Å²) in [5.74, 6) is 0.654. The lowest BCUT2D eigenvalue weighted by atomic mass is 9.82. The van der Waals surface area contributed by atoms with Gasteiger partial charge in [-0.1, -0.05) is 24.3 Å². The minimum absolute atomic E-state index is 0.255. The number of likely N-dealkylation sites (N-methyl/N-ethyl adjacent to an activating group) is 1. The average Bonchev–Trinajstić information content (AvgIpc) is 2.30. The van der Waals surface area contributed by atoms with Gasteiger partial charge in [0, 0.05) is 13.1 Å². The summed E-state index contributed by atoms with van der Waals surface area (Å²) in [6.45, 7) is 2.10. The van der Waals surface area contributed by atoms with Gasteiger partial charge in [-0.05, 0) is 43.4 Å². The summed E-state index contributed by atoms with van der Waals surface area (Å²) in [5.41, 5.74) is 3.05. The van der Waals surface area contributed by atoms with Gasteiger partial charge in [0.1, 0.15) is 0 Å². The molecule has 0 aromatic heterocycles. The number of hydrogen-bond acceptors (Lipinski definition) is 2. The molecule has 0 amide bonds. The zero-order valence-corrected chi connectivity index (χ0v) is 10.0. The fourth-order valence-electron chi connectivity index (χ4n) is 2.68. The van der Waals surface area contributed by atoms with Crippen molar-refractivity contribution in [1.29, 1.82) is 0 Å². The van der Waals surface area contributed by atoms with E-state index in [1.807, 2.05) is 0 Å². The van der Waals surface area contributed by atoms with Crippen molar-refractivity contribution >= 4 is 0 Å². The molecule has 1 atom stereocenters. The molecule has 1 unspecified atom stereocenters. The first-order valence-electron chi connectivity index (χ1n) is 6.18. The van der Waals surface area contributed by atoms with Crippen molar-refractivity contribution < 1.29 is 5.11 Å². The number of fused-ring (bicyclic) bond motifs is 1. The van der Waals surface area contributed by atoms with E-state index < -0.39 is 0 Å². The molecule has 1 aromatic carbocycles. The van der Waals surface area contributed by atoms with Crippen molar-refractivity contribution in [2.45, 2.75) is 25.2 Å². The van der Waals surface area contributed by atoms with Crippen LogP contribution >= 0.6 is 0 Å². The molecule has 1 aliphatic carbocycles. The number of benzene rings is 1. The smallest absolute Gasteiger partial charge is 0.0558 e. The van der Waals surface area contributed by atoms with Gasteiger partial charge in [0.2, 0.25) is 0 Å². The van der Waals surface area contributed by atoms with E-state index >= 15 is 0 Å². The van der Waals surface area contributed by atoms with Gasteiger partial charge < -0.3 is 10.0 Å². The highest BCUT2D eigenvalue weighted by Gasteiger charge is 2.20. The van der Waals surface area contributed by atoms with Crippen LogP contribution in [0.2, 0.25) is 0 Å². The van der Waals surface area contributed by atoms with Crippen LogP contribution in [0.1, 0.15) is 29.9 Å². The topological polar surface area (TPSA) is 23.5 Å². The van der Waals surface area contributed by atoms with Gasteiger partial charge in [0.05, 0.1) is 6.61 Å². The normalized spacial score (nSPS) is 19.8. The van der Waals surface area contributed by atoms with Crippen LogP contribution in [0.3, 0.4) is 0 Å². The molecule has 1 N–H and O–H groups in total. The van der Waals surface area contributed by atoms with E-state index in [0.717, 1.165) is 13.1 Å². The summed E-state index contributed by atoms with van der Waals surface area (Å²) < 4.78 is 0. The Kier molecular flexibility index (Phi) is 3.97. The number of rotatable bonds is 4. The van der Waals surface area contributed by atoms with Gasteiger partial charge in [-0.3, -0.25) is 0 Å². The molecule has 1 aliphatic rings. The van der Waals surface area contributed by atoms with Crippen LogP contribution in [-0.2, 0) is 6.42 Å². The van der Waals surface area contributed by atoms with Gasteiger partial charge in [0.15, 0.2) is 0 Å². The third-order valence-electron chi connectivity index (χ3n) is 3.51. The Labute approximate surface area is 97.9 Å². The van der Waals surface area contributed by atoms with Gasteiger partial charge in [-0.2, -0.15) is 0 Å². The molecular weight excluding hydrogens is 198 g/mol. The standard InChI is InChI=1S/C14H21NO/c1-15(9-10-16)11-13-7-4-6-12-5-2-3-8-14(12)13/h2-3,5,8,13,16H,4,6-7,9-11H2,1H3. The second kappa shape index (κ2) is 5.46. The Morgan fingerprint density at radius 3 is 3.00 bits per heavy atom. The van der Waals surface area contributed by atoms with Gasteiger partial charge in [-0.25, -0.2) is 0 Å². The molecule has 1 aromatic rings. The van der Waals surface area contributed by atoms with Gasteiger partial charge >= 0.3 is 0 Å². The first kappa shape index (κ1) is 11.6. The molecule has 0 radical (unpaired) electrons. The predicted octanol–water partition coefficient (Wildman–Crippen LogP) is 2.03. The van der Waals surface area contributed by atoms with Crippen molar-refractivity contribution in [2.24, 2.45) is 0 Å². The van der Waals surface area contributed by atoms with Crippen LogP contribution in [0, 0.1) is 0 Å². The Bertz CT molecular complexity index is 337. The third-order valence-corrected chi connectivity index (χ3v) is 3.51. The first-order valence-corrected chi connectivity index (χ1v) is 6.18. The summed E-state index contributed by atoms with van der Waals surface area (Å²) in [6.07, 6.45) is 3.82. The van der Waals surface area contributed by atoms with Crippen molar-refractivity contribution in [3.8, 4) is 0 Å². The largest absolute Gasteiger partial charge is 0.395 e. The SMILES string of the molecule is CN(CCO)CC1CCCc2ccccc21. The Balaban J connectivity index is 2.07. The minimum Gasteiger partial charge on any atom is -0.395 e. The molecule has 88 valence electrons. The Hall–Kier alpha value is -0.860. The molecule has 0 bridgehead atoms. The van der Waals surface area contributed by atoms with Crippen LogP contribution in [0.15, 0.2) is 24.3 Å². The summed E-state index contributed by atoms with van der Waals surface area (Å²) in [5, 5.41) is 8.92. The molecule has 2 nitrogen and oxygen atoms in total. The van der Waals surface area contributed by atoms with Crippen LogP contribution < -0.4 is 0 Å². The average molecular weight is 219 g/mol. The fourth-order valence-corrected chi connectivity index (χ4v) is 2.68. The molecule has 2 rings (SSSR count). The Morgan fingerprint density at radius 2 is 2.19 bits per heavy atom. The van der Waals surface area contributed by atoms with Gasteiger partial charge in [-0.15, -0.1) is 0 Å². The summed E-state index contributed by atoms with van der Waals surface area (Å²) in [4.78, 5) is 2.23. The molecule has 16 heavy (non-hydrogen) atoms. The van der Waals surface area contributed by atoms with Crippen LogP contribution in [0.25, 0.3) is 0 Å². The molecule has 0 spiro atoms. The van der Waals surface area contributed by atoms with E-state index in [2.05, 4.69) is 36.2 Å². The van der Waals surface area contributed by atoms with Crippen molar-refractivity contribution in [3.63, 3.8) is 0 Å².